The van der Waals surface area contributed by atoms with Crippen LogP contribution in [-0.2, 0) is 37.8 Å². The van der Waals surface area contributed by atoms with Crippen LogP contribution in [0.3, 0.4) is 0 Å². The molecule has 0 N–H and O–H groups in total. The van der Waals surface area contributed by atoms with Crippen LogP contribution in [0.25, 0.3) is 0 Å². The maximum Gasteiger partial charge on any atom is 0.179 e. The molecule has 2 aromatic rings. The van der Waals surface area contributed by atoms with E-state index >= 15 is 0 Å². The summed E-state index contributed by atoms with van der Waals surface area (Å²) >= 11 is 0. The van der Waals surface area contributed by atoms with Gasteiger partial charge in [0.2, 0.25) is 0 Å². The molecule has 1 unspecified atom stereocenters. The molecule has 2 aliphatic rings. The van der Waals surface area contributed by atoms with Gasteiger partial charge in [-0.05, 0) is 67.5 Å². The summed E-state index contributed by atoms with van der Waals surface area (Å²) in [5.74, 6) is 0.248. The van der Waals surface area contributed by atoms with Crippen LogP contribution in [0.1, 0.15) is 47.1 Å². The Morgan fingerprint density at radius 2 is 1.75 bits per heavy atom. The number of ketones is 1. The number of rotatable bonds is 4. The summed E-state index contributed by atoms with van der Waals surface area (Å²) in [5.41, 5.74) is 5.90. The zero-order valence-electron chi connectivity index (χ0n) is 16.6. The van der Waals surface area contributed by atoms with Crippen LogP contribution >= 0.6 is 0 Å². The predicted molar refractivity (Wildman–Crippen MR) is 112 cm³/mol. The van der Waals surface area contributed by atoms with Crippen LogP contribution in [0.2, 0.25) is 0 Å². The third-order valence-electron chi connectivity index (χ3n) is 6.05. The number of hydrogen-bond acceptors (Lipinski definition) is 4. The number of anilines is 1. The van der Waals surface area contributed by atoms with E-state index in [0.717, 1.165) is 59.4 Å². The van der Waals surface area contributed by atoms with E-state index in [1.807, 2.05) is 44.2 Å². The second-order valence-electron chi connectivity index (χ2n) is 8.18. The molecule has 1 heterocycles. The Bertz CT molecular complexity index is 976. The number of carbonyl (C=O) groups is 1. The molecule has 0 amide bonds. The van der Waals surface area contributed by atoms with E-state index in [2.05, 4.69) is 4.90 Å². The van der Waals surface area contributed by atoms with Crippen LogP contribution < -0.4 is 4.90 Å². The van der Waals surface area contributed by atoms with Crippen molar-refractivity contribution < 1.29 is 13.6 Å². The Balaban J connectivity index is 1.76. The standard InChI is InChI=1S/C23H27NO3S/c1-16-5-6-18(11-17(16)2)15-28(26,27)23-14-19-7-8-21(25)12-20(19)13-22(23)24-9-3-4-10-24/h5-6,11,13-14H,3-4,7-10,12,15H2,1-2H3. The van der Waals surface area contributed by atoms with E-state index in [1.54, 1.807) is 0 Å². The lowest BCUT2D eigenvalue weighted by Gasteiger charge is -2.27. The van der Waals surface area contributed by atoms with E-state index < -0.39 is 10.2 Å². The highest BCUT2D eigenvalue weighted by Crippen LogP contribution is 2.37. The summed E-state index contributed by atoms with van der Waals surface area (Å²) in [4.78, 5) is 14.5. The second kappa shape index (κ2) is 7.45. The molecular formula is C23H27NO3S. The van der Waals surface area contributed by atoms with Crippen molar-refractivity contribution in [3.63, 3.8) is 0 Å². The molecule has 0 bridgehead atoms. The van der Waals surface area contributed by atoms with E-state index in [0.29, 0.717) is 24.2 Å². The van der Waals surface area contributed by atoms with Gasteiger partial charge in [-0.2, -0.15) is 0 Å². The molecule has 2 aromatic carbocycles. The maximum atomic E-state index is 13.4. The normalized spacial score (nSPS) is 18.8. The zero-order valence-corrected chi connectivity index (χ0v) is 17.4. The van der Waals surface area contributed by atoms with Gasteiger partial charge in [0.25, 0.3) is 0 Å². The topological polar surface area (TPSA) is 60.4 Å². The van der Waals surface area contributed by atoms with Gasteiger partial charge in [0, 0.05) is 31.5 Å². The Hall–Kier alpha value is -1.98. The lowest BCUT2D eigenvalue weighted by molar-refractivity contribution is -0.118. The average molecular weight is 398 g/mol. The van der Waals surface area contributed by atoms with E-state index in [4.69, 9.17) is 0 Å². The van der Waals surface area contributed by atoms with Crippen molar-refractivity contribution in [3.05, 3.63) is 58.1 Å². The molecule has 0 spiro atoms. The Kier molecular flexibility index (Phi) is 5.15. The Morgan fingerprint density at radius 3 is 2.46 bits per heavy atom. The van der Waals surface area contributed by atoms with Gasteiger partial charge in [-0.25, -0.2) is 0 Å². The average Bonchev–Trinajstić information content (AvgIpc) is 3.18. The summed E-state index contributed by atoms with van der Waals surface area (Å²) in [6, 6.07) is 9.70. The third kappa shape index (κ3) is 3.78. The number of carbonyl (C=O) groups excluding carboxylic acids is 1. The third-order valence-corrected chi connectivity index (χ3v) is 7.76. The number of hydrogen-bond donors (Lipinski definition) is 0. The molecular weight excluding hydrogens is 370 g/mol. The highest BCUT2D eigenvalue weighted by atomic mass is 32.3. The fourth-order valence-corrected chi connectivity index (χ4v) is 5.87. The Morgan fingerprint density at radius 1 is 1.00 bits per heavy atom. The fourth-order valence-electron chi connectivity index (χ4n) is 4.27. The van der Waals surface area contributed by atoms with Crippen LogP contribution in [0, 0.1) is 13.8 Å². The maximum absolute atomic E-state index is 13.4. The van der Waals surface area contributed by atoms with E-state index in [1.165, 1.54) is 0 Å². The van der Waals surface area contributed by atoms with Crippen molar-refractivity contribution in [3.8, 4) is 0 Å². The molecule has 1 saturated heterocycles. The molecule has 0 radical (unpaired) electrons. The van der Waals surface area contributed by atoms with Crippen molar-refractivity contribution >= 4 is 21.7 Å². The summed E-state index contributed by atoms with van der Waals surface area (Å²) in [6.07, 6.45) is 3.72. The van der Waals surface area contributed by atoms with E-state index in [-0.39, 0.29) is 11.5 Å². The molecule has 4 rings (SSSR count). The van der Waals surface area contributed by atoms with Crippen LogP contribution in [0.4, 0.5) is 5.69 Å². The monoisotopic (exact) mass is 397 g/mol. The number of sulfone groups is 1. The number of benzene rings is 2. The molecule has 5 heteroatoms. The lowest BCUT2D eigenvalue weighted by Crippen LogP contribution is -2.25. The number of aryl methyl sites for hydroxylation is 3. The summed E-state index contributed by atoms with van der Waals surface area (Å²) in [5, 5.41) is 0. The molecule has 148 valence electrons. The lowest BCUT2D eigenvalue weighted by atomic mass is 9.90. The first-order valence-electron chi connectivity index (χ1n) is 10.0. The van der Waals surface area contributed by atoms with Crippen molar-refractivity contribution in [2.24, 2.45) is 0 Å². The molecule has 4 nitrogen and oxygen atoms in total. The highest BCUT2D eigenvalue weighted by molar-refractivity contribution is 7.97. The van der Waals surface area contributed by atoms with Crippen LogP contribution in [0.5, 0.6) is 0 Å². The summed E-state index contributed by atoms with van der Waals surface area (Å²) < 4.78 is 26.9. The molecule has 0 aromatic heterocycles. The fraction of sp³-hybridized carbons (Fsp3) is 0.435. The smallest absolute Gasteiger partial charge is 0.179 e. The van der Waals surface area contributed by atoms with Crippen LogP contribution in [-0.4, -0.2) is 23.4 Å². The van der Waals surface area contributed by atoms with Gasteiger partial charge >= 0.3 is 0 Å². The van der Waals surface area contributed by atoms with Crippen molar-refractivity contribution in [1.29, 1.82) is 0 Å². The van der Waals surface area contributed by atoms with Gasteiger partial charge in [-0.1, -0.05) is 18.2 Å². The minimum absolute atomic E-state index is 0.00662. The molecule has 28 heavy (non-hydrogen) atoms. The first-order chi connectivity index (χ1) is 13.3. The number of nitrogens with zero attached hydrogens (tertiary/aromatic N) is 1. The van der Waals surface area contributed by atoms with Crippen molar-refractivity contribution in [2.45, 2.75) is 56.6 Å². The van der Waals surface area contributed by atoms with Gasteiger partial charge in [-0.15, -0.1) is 4.21 Å². The molecule has 1 fully saturated rings. The number of Topliss-reactive ketones (excluding diaryl/α,β-unsaturated/α-hetero) is 1. The molecule has 1 atom stereocenters. The summed E-state index contributed by atoms with van der Waals surface area (Å²) in [6.45, 7) is 5.79. The minimum Gasteiger partial charge on any atom is -0.610 e. The molecule has 0 saturated carbocycles. The van der Waals surface area contributed by atoms with Gasteiger partial charge < -0.3 is 9.45 Å². The molecule has 1 aliphatic heterocycles. The van der Waals surface area contributed by atoms with Gasteiger partial charge in [-0.3, -0.25) is 4.79 Å². The number of fused-ring (bicyclic) bond motifs is 1. The largest absolute Gasteiger partial charge is 0.610 e. The van der Waals surface area contributed by atoms with Gasteiger partial charge in [0.05, 0.1) is 15.9 Å². The van der Waals surface area contributed by atoms with Crippen LogP contribution in [0.15, 0.2) is 35.2 Å². The van der Waals surface area contributed by atoms with Crippen molar-refractivity contribution in [2.75, 3.05) is 18.0 Å². The van der Waals surface area contributed by atoms with Crippen molar-refractivity contribution in [1.82, 2.24) is 0 Å². The quantitative estimate of drug-likeness (QED) is 0.727. The second-order valence-corrected chi connectivity index (χ2v) is 10.1. The SMILES string of the molecule is Cc1ccc(C[S+](=O)([O-])c2cc3c(cc2N2CCCC2)CC(=O)CC3)cc1C. The predicted octanol–water partition coefficient (Wildman–Crippen LogP) is 4.15. The first kappa shape index (κ1) is 19.3. The Labute approximate surface area is 168 Å². The summed E-state index contributed by atoms with van der Waals surface area (Å²) in [7, 11) is -3.48. The zero-order chi connectivity index (χ0) is 19.9. The van der Waals surface area contributed by atoms with Gasteiger partial charge in [0.15, 0.2) is 4.90 Å². The van der Waals surface area contributed by atoms with Gasteiger partial charge in [0.1, 0.15) is 11.5 Å². The minimum atomic E-state index is -3.48. The molecule has 1 aliphatic carbocycles. The first-order valence-corrected chi connectivity index (χ1v) is 11.7. The highest BCUT2D eigenvalue weighted by Gasteiger charge is 2.31. The van der Waals surface area contributed by atoms with E-state index in [9.17, 15) is 13.6 Å².